The van der Waals surface area contributed by atoms with E-state index in [1.54, 1.807) is 19.1 Å². The van der Waals surface area contributed by atoms with Gasteiger partial charge in [0.05, 0.1) is 18.3 Å². The highest BCUT2D eigenvalue weighted by molar-refractivity contribution is 6.01. The molecule has 12 nitrogen and oxygen atoms in total. The predicted molar refractivity (Wildman–Crippen MR) is 219 cm³/mol. The largest absolute Gasteiger partial charge is 0.458 e. The van der Waals surface area contributed by atoms with Crippen LogP contribution in [-0.4, -0.2) is 99.3 Å². The van der Waals surface area contributed by atoms with Crippen LogP contribution in [-0.2, 0) is 43.0 Å². The van der Waals surface area contributed by atoms with Crippen LogP contribution in [0.5, 0.6) is 0 Å². The van der Waals surface area contributed by atoms with Crippen molar-refractivity contribution in [1.29, 1.82) is 0 Å². The molecule has 1 heterocycles. The number of carbonyl (C=O) groups is 6. The van der Waals surface area contributed by atoms with Crippen molar-refractivity contribution in [1.82, 2.24) is 0 Å². The summed E-state index contributed by atoms with van der Waals surface area (Å²) in [5.74, 6) is -3.04. The Morgan fingerprint density at radius 3 is 2.34 bits per heavy atom. The first kappa shape index (κ1) is 44.0. The van der Waals surface area contributed by atoms with Gasteiger partial charge in [-0.05, 0) is 131 Å². The molecule has 15 atom stereocenters. The number of aliphatic hydroxyl groups is 3. The fraction of sp³-hybridized carbons (Fsp3) is 0.755. The van der Waals surface area contributed by atoms with Gasteiger partial charge in [-0.1, -0.05) is 31.1 Å². The highest BCUT2D eigenvalue weighted by atomic mass is 19.1. The first-order chi connectivity index (χ1) is 29.3. The molecule has 7 saturated carbocycles. The van der Waals surface area contributed by atoms with Gasteiger partial charge in [-0.2, -0.15) is 0 Å². The molecule has 0 radical (unpaired) electrons. The van der Waals surface area contributed by atoms with Gasteiger partial charge in [0.15, 0.2) is 41.0 Å². The number of carbonyl (C=O) groups excluding carboxylic acids is 6. The van der Waals surface area contributed by atoms with Gasteiger partial charge in [0.25, 0.3) is 0 Å². The molecule has 0 unspecified atom stereocenters. The number of aldehydes is 1. The van der Waals surface area contributed by atoms with Crippen molar-refractivity contribution in [2.75, 3.05) is 13.2 Å². The minimum absolute atomic E-state index is 0.0110. The summed E-state index contributed by atoms with van der Waals surface area (Å²) < 4.78 is 35.8. The van der Waals surface area contributed by atoms with Crippen LogP contribution in [0.3, 0.4) is 0 Å². The zero-order chi connectivity index (χ0) is 44.4. The first-order valence-electron chi connectivity index (χ1n) is 23.2. The molecule has 338 valence electrons. The first-order valence-corrected chi connectivity index (χ1v) is 23.2. The molecule has 10 rings (SSSR count). The van der Waals surface area contributed by atoms with E-state index in [0.717, 1.165) is 50.4 Å². The molecule has 3 N–H and O–H groups in total. The number of ether oxygens (including phenoxy) is 3. The number of halogens is 1. The lowest BCUT2D eigenvalue weighted by Crippen LogP contribution is -2.70. The second kappa shape index (κ2) is 14.9. The van der Waals surface area contributed by atoms with Crippen LogP contribution in [0.15, 0.2) is 35.5 Å². The minimum atomic E-state index is -2.00. The van der Waals surface area contributed by atoms with Gasteiger partial charge in [-0.3, -0.25) is 24.0 Å². The van der Waals surface area contributed by atoms with E-state index < -0.39 is 82.6 Å². The van der Waals surface area contributed by atoms with Gasteiger partial charge in [0.1, 0.15) is 12.9 Å². The summed E-state index contributed by atoms with van der Waals surface area (Å²) in [5, 5.41) is 32.1. The van der Waals surface area contributed by atoms with Crippen molar-refractivity contribution in [3.63, 3.8) is 0 Å². The van der Waals surface area contributed by atoms with Crippen molar-refractivity contribution in [3.8, 4) is 0 Å². The number of aliphatic hydroxyl groups excluding tert-OH is 3. The molecule has 8 fully saturated rings. The Balaban J connectivity index is 0.000000167. The van der Waals surface area contributed by atoms with Crippen molar-refractivity contribution in [2.24, 2.45) is 57.2 Å². The zero-order valence-corrected chi connectivity index (χ0v) is 36.5. The lowest BCUT2D eigenvalue weighted by molar-refractivity contribution is -0.253. The van der Waals surface area contributed by atoms with E-state index in [0.29, 0.717) is 56.9 Å². The van der Waals surface area contributed by atoms with Crippen molar-refractivity contribution in [3.05, 3.63) is 35.5 Å². The van der Waals surface area contributed by atoms with Gasteiger partial charge in [-0.15, -0.1) is 0 Å². The summed E-state index contributed by atoms with van der Waals surface area (Å²) in [6, 6.07) is 0. The molecule has 0 amide bonds. The van der Waals surface area contributed by atoms with E-state index >= 15 is 4.39 Å². The number of alkyl halides is 1. The van der Waals surface area contributed by atoms with Crippen molar-refractivity contribution in [2.45, 2.75) is 159 Å². The number of ketones is 4. The van der Waals surface area contributed by atoms with Gasteiger partial charge in [-0.25, -0.2) is 4.39 Å². The molecule has 0 aromatic rings. The standard InChI is InChI=1S/C28H35FO7.C21H28O5/c1-16(30)34-15-22(33)28-23(35-26(36-28)9-4-5-10-26)13-20-19-7-6-17-12-18(31)8-11-24(17,2)27(19,29)21(32)14-25(20,28)3;1-20-7-6-13(24)8-12(20)2-3-14-15-4-5-16(18(26)10-22)21(15,11-23)9-17(25)19(14)20/h8,11-12,19-21,23,32H,4-7,9-10,13-15H2,1-3H3;8,11,14-17,19,22,25H,2-7,9-10H2,1H3/t19-,20-,21-,23+,24-,25-,27-,28+;14-,15-,16+,17-,19+,20-,21+/m00/s1. The summed E-state index contributed by atoms with van der Waals surface area (Å²) in [7, 11) is 0. The molecule has 62 heavy (non-hydrogen) atoms. The molecule has 0 aromatic carbocycles. The number of hydrogen-bond acceptors (Lipinski definition) is 12. The van der Waals surface area contributed by atoms with Gasteiger partial charge in [0.2, 0.25) is 5.78 Å². The summed E-state index contributed by atoms with van der Waals surface area (Å²) in [6.45, 7) is 6.15. The van der Waals surface area contributed by atoms with E-state index in [4.69, 9.17) is 14.2 Å². The summed E-state index contributed by atoms with van der Waals surface area (Å²) in [6.07, 6.45) is 14.0. The molecular weight excluding hydrogens is 800 g/mol. The van der Waals surface area contributed by atoms with Gasteiger partial charge < -0.3 is 34.3 Å². The molecule has 1 saturated heterocycles. The molecule has 1 spiro atoms. The average molecular weight is 863 g/mol. The average Bonchev–Trinajstić information content (AvgIpc) is 3.99. The Morgan fingerprint density at radius 2 is 1.65 bits per heavy atom. The highest BCUT2D eigenvalue weighted by Crippen LogP contribution is 2.73. The van der Waals surface area contributed by atoms with Crippen molar-refractivity contribution >= 4 is 35.4 Å². The Morgan fingerprint density at radius 1 is 0.919 bits per heavy atom. The monoisotopic (exact) mass is 862 g/mol. The smallest absolute Gasteiger partial charge is 0.303 e. The molecule has 9 aliphatic carbocycles. The Labute approximate surface area is 362 Å². The number of esters is 1. The van der Waals surface area contributed by atoms with Crippen LogP contribution in [0.2, 0.25) is 0 Å². The maximum Gasteiger partial charge on any atom is 0.303 e. The van der Waals surface area contributed by atoms with E-state index in [9.17, 15) is 44.1 Å². The maximum absolute atomic E-state index is 17.4. The van der Waals surface area contributed by atoms with Gasteiger partial charge >= 0.3 is 5.97 Å². The number of fused-ring (bicyclic) bond motifs is 12. The van der Waals surface area contributed by atoms with Crippen LogP contribution in [0, 0.1) is 57.2 Å². The normalized spacial score (nSPS) is 47.8. The van der Waals surface area contributed by atoms with Crippen LogP contribution in [0.1, 0.15) is 124 Å². The lowest BCUT2D eigenvalue weighted by Gasteiger charge is -2.62. The summed E-state index contributed by atoms with van der Waals surface area (Å²) >= 11 is 0. The Hall–Kier alpha value is -3.23. The van der Waals surface area contributed by atoms with E-state index in [2.05, 4.69) is 6.92 Å². The molecule has 0 aromatic heterocycles. The Bertz CT molecular complexity index is 2050. The Kier molecular flexibility index (Phi) is 10.6. The number of allylic oxidation sites excluding steroid dienone is 5. The third kappa shape index (κ3) is 5.85. The second-order valence-electron chi connectivity index (χ2n) is 21.4. The fourth-order valence-corrected chi connectivity index (χ4v) is 16.2. The van der Waals surface area contributed by atoms with E-state index in [-0.39, 0.29) is 58.6 Å². The van der Waals surface area contributed by atoms with Crippen LogP contribution >= 0.6 is 0 Å². The molecular formula is C49H63FO12. The molecule has 0 bridgehead atoms. The summed E-state index contributed by atoms with van der Waals surface area (Å²) in [5.41, 5.74) is -4.58. The topological polar surface area (TPSA) is 191 Å². The fourth-order valence-electron chi connectivity index (χ4n) is 16.2. The van der Waals surface area contributed by atoms with Crippen LogP contribution in [0.4, 0.5) is 4.39 Å². The zero-order valence-electron chi connectivity index (χ0n) is 36.5. The quantitative estimate of drug-likeness (QED) is 0.229. The highest BCUT2D eigenvalue weighted by Gasteiger charge is 2.81. The molecule has 1 aliphatic heterocycles. The SMILES string of the molecule is CC(=O)OCC(=O)[C@@]12OC3(CCCC3)O[C@@H]1C[C@H]1[C@@H]3CCC4=CC(=O)C=C[C@]4(C)[C@@]3(F)[C@@H](O)C[C@@]12C.C[C@]12CCC(=O)C=C1CC[C@@H]1[C@@H]2[C@@H](O)C[C@]2(C=O)[C@@H](C(=O)CO)CC[C@@H]12. The molecule has 13 heteroatoms. The van der Waals surface area contributed by atoms with Crippen LogP contribution in [0.25, 0.3) is 0 Å². The van der Waals surface area contributed by atoms with Gasteiger partial charge in [0, 0.05) is 54.3 Å². The predicted octanol–water partition coefficient (Wildman–Crippen LogP) is 5.37. The summed E-state index contributed by atoms with van der Waals surface area (Å²) in [4.78, 5) is 73.9. The second-order valence-corrected chi connectivity index (χ2v) is 21.4. The lowest BCUT2D eigenvalue weighted by atomic mass is 9.44. The number of Topliss-reactive ketones (excluding diaryl/α,β-unsaturated/α-hetero) is 2. The van der Waals surface area contributed by atoms with Crippen molar-refractivity contribution < 1.29 is 62.7 Å². The number of hydrogen-bond donors (Lipinski definition) is 3. The third-order valence-electron chi connectivity index (χ3n) is 19.0. The molecule has 10 aliphatic rings. The number of rotatable bonds is 6. The maximum atomic E-state index is 17.4. The third-order valence-corrected chi connectivity index (χ3v) is 19.0. The van der Waals surface area contributed by atoms with E-state index in [1.165, 1.54) is 19.1 Å². The van der Waals surface area contributed by atoms with E-state index in [1.807, 2.05) is 6.92 Å². The minimum Gasteiger partial charge on any atom is -0.458 e. The van der Waals surface area contributed by atoms with Crippen LogP contribution < -0.4 is 0 Å².